The largest absolute Gasteiger partial charge is 0.478 e. The monoisotopic (exact) mass is 283 g/mol. The lowest BCUT2D eigenvalue weighted by atomic mass is 10.2. The van der Waals surface area contributed by atoms with Crippen LogP contribution >= 0.6 is 0 Å². The second-order valence-corrected chi connectivity index (χ2v) is 4.27. The van der Waals surface area contributed by atoms with Crippen molar-refractivity contribution < 1.29 is 9.90 Å². The van der Waals surface area contributed by atoms with Crippen molar-refractivity contribution in [2.24, 2.45) is 0 Å². The van der Waals surface area contributed by atoms with Crippen LogP contribution in [0.2, 0.25) is 0 Å². The molecule has 2 rings (SSSR count). The van der Waals surface area contributed by atoms with E-state index in [1.165, 1.54) is 18.3 Å². The molecule has 106 valence electrons. The molecule has 0 bridgehead atoms. The first-order valence-electron chi connectivity index (χ1n) is 6.19. The summed E-state index contributed by atoms with van der Waals surface area (Å²) in [7, 11) is 0. The molecule has 0 fully saturated rings. The van der Waals surface area contributed by atoms with Gasteiger partial charge >= 0.3 is 5.97 Å². The van der Waals surface area contributed by atoms with Crippen LogP contribution in [0.25, 0.3) is 0 Å². The van der Waals surface area contributed by atoms with Crippen LogP contribution in [-0.2, 0) is 6.42 Å². The summed E-state index contributed by atoms with van der Waals surface area (Å²) < 4.78 is 0. The molecule has 7 heteroatoms. The number of carboxylic acids is 1. The van der Waals surface area contributed by atoms with Crippen molar-refractivity contribution in [3.05, 3.63) is 47.4 Å². The van der Waals surface area contributed by atoms with Gasteiger partial charge < -0.3 is 16.2 Å². The van der Waals surface area contributed by atoms with Crippen molar-refractivity contribution in [3.8, 4) is 6.07 Å². The van der Waals surface area contributed by atoms with E-state index < -0.39 is 5.97 Å². The van der Waals surface area contributed by atoms with Crippen molar-refractivity contribution >= 4 is 17.5 Å². The molecule has 4 N–H and O–H groups in total. The molecule has 21 heavy (non-hydrogen) atoms. The molecule has 0 saturated heterocycles. The standard InChI is InChI=1S/C14H13N5O2/c15-7-12-13(16)18-8-11(19-12)5-6-17-10-3-1-9(2-4-10)14(20)21/h1-4,8,17H,5-6H2,(H2,16,18)(H,20,21). The highest BCUT2D eigenvalue weighted by atomic mass is 16.4. The lowest BCUT2D eigenvalue weighted by Gasteiger charge is -2.06. The van der Waals surface area contributed by atoms with Crippen LogP contribution < -0.4 is 11.1 Å². The van der Waals surface area contributed by atoms with Gasteiger partial charge in [-0.05, 0) is 24.3 Å². The van der Waals surface area contributed by atoms with Gasteiger partial charge in [-0.1, -0.05) is 0 Å². The van der Waals surface area contributed by atoms with E-state index in [1.54, 1.807) is 12.1 Å². The number of hydrogen-bond donors (Lipinski definition) is 3. The van der Waals surface area contributed by atoms with Gasteiger partial charge in [0.25, 0.3) is 0 Å². The maximum Gasteiger partial charge on any atom is 0.335 e. The lowest BCUT2D eigenvalue weighted by Crippen LogP contribution is -2.08. The Morgan fingerprint density at radius 3 is 2.71 bits per heavy atom. The van der Waals surface area contributed by atoms with Crippen molar-refractivity contribution in [3.63, 3.8) is 0 Å². The van der Waals surface area contributed by atoms with Gasteiger partial charge in [-0.15, -0.1) is 0 Å². The number of benzene rings is 1. The number of hydrogen-bond acceptors (Lipinski definition) is 6. The number of nitrogen functional groups attached to an aromatic ring is 1. The first kappa shape index (κ1) is 14.3. The van der Waals surface area contributed by atoms with E-state index in [1.807, 2.05) is 6.07 Å². The molecular formula is C14H13N5O2. The molecule has 0 aliphatic rings. The van der Waals surface area contributed by atoms with Gasteiger partial charge in [-0.3, -0.25) is 0 Å². The van der Waals surface area contributed by atoms with Crippen LogP contribution in [0.15, 0.2) is 30.5 Å². The molecule has 0 spiro atoms. The molecule has 0 aliphatic carbocycles. The molecule has 1 aromatic carbocycles. The quantitative estimate of drug-likeness (QED) is 0.754. The van der Waals surface area contributed by atoms with Crippen LogP contribution in [0.5, 0.6) is 0 Å². The van der Waals surface area contributed by atoms with Crippen molar-refractivity contribution in [2.75, 3.05) is 17.6 Å². The zero-order valence-corrected chi connectivity index (χ0v) is 11.1. The SMILES string of the molecule is N#Cc1nc(CCNc2ccc(C(=O)O)cc2)cnc1N. The molecule has 1 aromatic heterocycles. The van der Waals surface area contributed by atoms with Gasteiger partial charge in [-0.2, -0.15) is 5.26 Å². The molecule has 0 amide bonds. The number of aromatic carboxylic acids is 1. The van der Waals surface area contributed by atoms with Gasteiger partial charge in [-0.25, -0.2) is 14.8 Å². The Kier molecular flexibility index (Phi) is 4.31. The van der Waals surface area contributed by atoms with E-state index in [9.17, 15) is 4.79 Å². The van der Waals surface area contributed by atoms with Crippen LogP contribution in [0, 0.1) is 11.3 Å². The number of carboxylic acid groups (broad SMARTS) is 1. The minimum Gasteiger partial charge on any atom is -0.478 e. The Labute approximate surface area is 121 Å². The number of nitrogens with zero attached hydrogens (tertiary/aromatic N) is 3. The molecular weight excluding hydrogens is 270 g/mol. The maximum atomic E-state index is 10.7. The minimum atomic E-state index is -0.956. The minimum absolute atomic E-state index is 0.123. The van der Waals surface area contributed by atoms with Gasteiger partial charge in [0.15, 0.2) is 11.5 Å². The Morgan fingerprint density at radius 1 is 1.38 bits per heavy atom. The second kappa shape index (κ2) is 6.34. The Morgan fingerprint density at radius 2 is 2.10 bits per heavy atom. The molecule has 0 unspecified atom stereocenters. The highest BCUT2D eigenvalue weighted by Crippen LogP contribution is 2.10. The zero-order chi connectivity index (χ0) is 15.2. The molecule has 0 aliphatic heterocycles. The molecule has 0 saturated carbocycles. The van der Waals surface area contributed by atoms with E-state index in [0.29, 0.717) is 18.7 Å². The Bertz CT molecular complexity index is 692. The number of nitrogens with two attached hydrogens (primary N) is 1. The van der Waals surface area contributed by atoms with Gasteiger partial charge in [0.05, 0.1) is 17.5 Å². The summed E-state index contributed by atoms with van der Waals surface area (Å²) >= 11 is 0. The number of anilines is 2. The number of nitriles is 1. The fraction of sp³-hybridized carbons (Fsp3) is 0.143. The van der Waals surface area contributed by atoms with E-state index in [4.69, 9.17) is 16.1 Å². The van der Waals surface area contributed by atoms with E-state index in [-0.39, 0.29) is 17.1 Å². The normalized spacial score (nSPS) is 9.86. The molecule has 7 nitrogen and oxygen atoms in total. The first-order chi connectivity index (χ1) is 10.1. The summed E-state index contributed by atoms with van der Waals surface area (Å²) in [5.74, 6) is -0.832. The summed E-state index contributed by atoms with van der Waals surface area (Å²) in [6.07, 6.45) is 2.11. The average molecular weight is 283 g/mol. The number of nitrogens with one attached hydrogen (secondary N) is 1. The zero-order valence-electron chi connectivity index (χ0n) is 11.1. The smallest absolute Gasteiger partial charge is 0.335 e. The summed E-state index contributed by atoms with van der Waals surface area (Å²) in [6, 6.07) is 8.33. The lowest BCUT2D eigenvalue weighted by molar-refractivity contribution is 0.0697. The third-order valence-electron chi connectivity index (χ3n) is 2.80. The number of carbonyl (C=O) groups is 1. The topological polar surface area (TPSA) is 125 Å². The number of aromatic nitrogens is 2. The van der Waals surface area contributed by atoms with Crippen molar-refractivity contribution in [1.82, 2.24) is 9.97 Å². The predicted octanol–water partition coefficient (Wildman–Crippen LogP) is 1.28. The van der Waals surface area contributed by atoms with Gasteiger partial charge in [0.2, 0.25) is 0 Å². The van der Waals surface area contributed by atoms with E-state index in [2.05, 4.69) is 15.3 Å². The summed E-state index contributed by atoms with van der Waals surface area (Å²) in [5, 5.41) is 20.8. The van der Waals surface area contributed by atoms with Crippen LogP contribution in [0.4, 0.5) is 11.5 Å². The highest BCUT2D eigenvalue weighted by molar-refractivity contribution is 5.87. The van der Waals surface area contributed by atoms with Crippen molar-refractivity contribution in [1.29, 1.82) is 5.26 Å². The molecule has 1 heterocycles. The van der Waals surface area contributed by atoms with E-state index >= 15 is 0 Å². The average Bonchev–Trinajstić information content (AvgIpc) is 2.49. The number of rotatable bonds is 5. The third-order valence-corrected chi connectivity index (χ3v) is 2.80. The molecule has 0 radical (unpaired) electrons. The Hall–Kier alpha value is -3.14. The summed E-state index contributed by atoms with van der Waals surface area (Å²) in [5.41, 5.74) is 7.33. The van der Waals surface area contributed by atoms with Crippen LogP contribution in [-0.4, -0.2) is 27.6 Å². The van der Waals surface area contributed by atoms with Crippen LogP contribution in [0.3, 0.4) is 0 Å². The van der Waals surface area contributed by atoms with Gasteiger partial charge in [0, 0.05) is 18.7 Å². The molecule has 2 aromatic rings. The van der Waals surface area contributed by atoms with Crippen molar-refractivity contribution in [2.45, 2.75) is 6.42 Å². The maximum absolute atomic E-state index is 10.7. The highest BCUT2D eigenvalue weighted by Gasteiger charge is 2.04. The summed E-state index contributed by atoms with van der Waals surface area (Å²) in [4.78, 5) is 18.7. The fourth-order valence-electron chi connectivity index (χ4n) is 1.70. The first-order valence-corrected chi connectivity index (χ1v) is 6.19. The van der Waals surface area contributed by atoms with E-state index in [0.717, 1.165) is 5.69 Å². The second-order valence-electron chi connectivity index (χ2n) is 4.27. The van der Waals surface area contributed by atoms with Crippen LogP contribution in [0.1, 0.15) is 21.7 Å². The fourth-order valence-corrected chi connectivity index (χ4v) is 1.70. The molecule has 0 atom stereocenters. The van der Waals surface area contributed by atoms with Gasteiger partial charge in [0.1, 0.15) is 6.07 Å². The Balaban J connectivity index is 1.92. The third kappa shape index (κ3) is 3.67. The predicted molar refractivity (Wildman–Crippen MR) is 76.8 cm³/mol. The summed E-state index contributed by atoms with van der Waals surface area (Å²) in [6.45, 7) is 0.579.